The van der Waals surface area contributed by atoms with Crippen LogP contribution in [-0.4, -0.2) is 22.7 Å². The second-order valence-electron chi connectivity index (χ2n) is 5.09. The number of hydrogen-bond acceptors (Lipinski definition) is 4. The maximum Gasteiger partial charge on any atom is 0.252 e. The van der Waals surface area contributed by atoms with E-state index in [0.717, 1.165) is 13.5 Å². The second-order valence-corrected chi connectivity index (χ2v) is 6.00. The van der Waals surface area contributed by atoms with Crippen LogP contribution in [-0.2, 0) is 13.0 Å². The molecule has 24 heavy (non-hydrogen) atoms. The molecular weight excluding hydrogens is 381 g/mol. The van der Waals surface area contributed by atoms with E-state index in [1.165, 1.54) is 18.2 Å². The molecule has 0 bridgehead atoms. The van der Waals surface area contributed by atoms with Crippen molar-refractivity contribution < 1.29 is 14.3 Å². The number of nitrogens with zero attached hydrogens (tertiary/aromatic N) is 1. The Bertz CT molecular complexity index is 836. The van der Waals surface area contributed by atoms with Crippen LogP contribution in [0.1, 0.15) is 22.5 Å². The second kappa shape index (κ2) is 7.59. The molecule has 1 aromatic carbocycles. The number of halogens is 2. The third kappa shape index (κ3) is 3.49. The smallest absolute Gasteiger partial charge is 0.252 e. The van der Waals surface area contributed by atoms with Gasteiger partial charge in [-0.3, -0.25) is 9.59 Å². The summed E-state index contributed by atoms with van der Waals surface area (Å²) in [4.78, 5) is 23.9. The van der Waals surface area contributed by atoms with Crippen LogP contribution in [0.2, 0.25) is 0 Å². The van der Waals surface area contributed by atoms with Crippen LogP contribution < -0.4 is 16.6 Å². The van der Waals surface area contributed by atoms with Gasteiger partial charge in [0.1, 0.15) is 5.82 Å². The third-order valence-electron chi connectivity index (χ3n) is 3.66. The number of carbonyl (C=O) groups is 1. The highest BCUT2D eigenvalue weighted by Crippen LogP contribution is 2.28. The minimum Gasteiger partial charge on any atom is -0.400 e. The van der Waals surface area contributed by atoms with Crippen molar-refractivity contribution in [3.63, 3.8) is 0 Å². The number of aliphatic hydroxyl groups excluding tert-OH is 1. The average Bonchev–Trinajstić information content (AvgIpc) is 3.01. The van der Waals surface area contributed by atoms with Crippen LogP contribution in [0.15, 0.2) is 33.5 Å². The fourth-order valence-corrected chi connectivity index (χ4v) is 3.05. The first-order valence-corrected chi connectivity index (χ1v) is 8.00. The summed E-state index contributed by atoms with van der Waals surface area (Å²) in [6.45, 7) is 0.571. The van der Waals surface area contributed by atoms with Crippen molar-refractivity contribution in [1.82, 2.24) is 4.57 Å². The van der Waals surface area contributed by atoms with Gasteiger partial charge in [-0.1, -0.05) is 15.9 Å². The van der Waals surface area contributed by atoms with Gasteiger partial charge < -0.3 is 20.7 Å². The summed E-state index contributed by atoms with van der Waals surface area (Å²) in [6.07, 6.45) is 1.39. The summed E-state index contributed by atoms with van der Waals surface area (Å²) in [5, 5.41) is 9.81. The molecular formula is C16H17BrFN3O3. The predicted molar refractivity (Wildman–Crippen MR) is 93.1 cm³/mol. The summed E-state index contributed by atoms with van der Waals surface area (Å²) in [7, 11) is 1.00. The molecule has 0 atom stereocenters. The lowest BCUT2D eigenvalue weighted by Crippen LogP contribution is -2.25. The molecule has 2 aromatic rings. The van der Waals surface area contributed by atoms with Gasteiger partial charge in [-0.2, -0.15) is 0 Å². The molecule has 0 radical (unpaired) electrons. The summed E-state index contributed by atoms with van der Waals surface area (Å²) < 4.78 is 16.1. The van der Waals surface area contributed by atoms with Crippen LogP contribution in [0.5, 0.6) is 0 Å². The molecule has 0 aliphatic carbocycles. The van der Waals surface area contributed by atoms with E-state index in [2.05, 4.69) is 21.2 Å². The molecule has 1 aliphatic rings. The van der Waals surface area contributed by atoms with Gasteiger partial charge in [0.2, 0.25) is 0 Å². The van der Waals surface area contributed by atoms with E-state index in [4.69, 9.17) is 10.8 Å². The number of nitrogens with two attached hydrogens (primary N) is 1. The minimum atomic E-state index is -0.634. The van der Waals surface area contributed by atoms with E-state index in [0.29, 0.717) is 23.1 Å². The highest BCUT2D eigenvalue weighted by Gasteiger charge is 2.23. The lowest BCUT2D eigenvalue weighted by Gasteiger charge is -2.15. The number of rotatable bonds is 3. The first kappa shape index (κ1) is 18.2. The third-order valence-corrected chi connectivity index (χ3v) is 4.15. The van der Waals surface area contributed by atoms with E-state index in [1.807, 2.05) is 0 Å². The number of anilines is 2. The molecule has 1 amide bonds. The van der Waals surface area contributed by atoms with Crippen molar-refractivity contribution in [3.8, 4) is 0 Å². The predicted octanol–water partition coefficient (Wildman–Crippen LogP) is 2.15. The first-order valence-electron chi connectivity index (χ1n) is 7.20. The number of pyridine rings is 1. The Morgan fingerprint density at radius 3 is 2.67 bits per heavy atom. The zero-order chi connectivity index (χ0) is 17.9. The van der Waals surface area contributed by atoms with E-state index in [1.54, 1.807) is 10.6 Å². The fraction of sp³-hybridized carbons (Fsp3) is 0.250. The zero-order valence-corrected chi connectivity index (χ0v) is 14.6. The molecule has 128 valence electrons. The highest BCUT2D eigenvalue weighted by atomic mass is 79.9. The molecule has 0 unspecified atom stereocenters. The van der Waals surface area contributed by atoms with Gasteiger partial charge in [0.05, 0.1) is 16.9 Å². The fourth-order valence-electron chi connectivity index (χ4n) is 2.72. The number of fused-ring (bicyclic) bond motifs is 1. The number of benzene rings is 1. The Labute approximate surface area is 146 Å². The summed E-state index contributed by atoms with van der Waals surface area (Å²) >= 11 is 3.18. The number of amides is 1. The average molecular weight is 398 g/mol. The Morgan fingerprint density at radius 2 is 2.04 bits per heavy atom. The van der Waals surface area contributed by atoms with Gasteiger partial charge >= 0.3 is 0 Å². The largest absolute Gasteiger partial charge is 0.400 e. The molecule has 1 aromatic heterocycles. The zero-order valence-electron chi connectivity index (χ0n) is 13.0. The number of aliphatic hydroxyl groups is 1. The Hall–Kier alpha value is -2.19. The van der Waals surface area contributed by atoms with Crippen molar-refractivity contribution in [1.29, 1.82) is 0 Å². The lowest BCUT2D eigenvalue weighted by molar-refractivity contribution is 0.0999. The monoisotopic (exact) mass is 397 g/mol. The molecule has 8 heteroatoms. The summed E-state index contributed by atoms with van der Waals surface area (Å²) in [5.74, 6) is -1.13. The van der Waals surface area contributed by atoms with Crippen molar-refractivity contribution in [2.24, 2.45) is 5.73 Å². The van der Waals surface area contributed by atoms with E-state index in [-0.39, 0.29) is 22.5 Å². The molecule has 0 fully saturated rings. The van der Waals surface area contributed by atoms with E-state index < -0.39 is 11.7 Å². The Balaban J connectivity index is 0.00000100. The minimum absolute atomic E-state index is 0.174. The number of primary amides is 1. The molecule has 2 heterocycles. The maximum atomic E-state index is 14.0. The first-order chi connectivity index (χ1) is 11.5. The molecule has 4 N–H and O–H groups in total. The normalized spacial score (nSPS) is 12.2. The summed E-state index contributed by atoms with van der Waals surface area (Å²) in [6, 6.07) is 5.77. The van der Waals surface area contributed by atoms with Crippen molar-refractivity contribution in [2.75, 3.05) is 12.4 Å². The van der Waals surface area contributed by atoms with E-state index in [9.17, 15) is 14.0 Å². The van der Waals surface area contributed by atoms with Gasteiger partial charge in [0.25, 0.3) is 11.5 Å². The van der Waals surface area contributed by atoms with Crippen LogP contribution in [0.25, 0.3) is 0 Å². The van der Waals surface area contributed by atoms with Gasteiger partial charge in [0, 0.05) is 29.9 Å². The van der Waals surface area contributed by atoms with Crippen molar-refractivity contribution >= 4 is 33.2 Å². The molecule has 3 rings (SSSR count). The van der Waals surface area contributed by atoms with E-state index >= 15 is 0 Å². The van der Waals surface area contributed by atoms with Gasteiger partial charge in [-0.15, -0.1) is 0 Å². The number of hydrogen-bond donors (Lipinski definition) is 3. The highest BCUT2D eigenvalue weighted by molar-refractivity contribution is 9.10. The topological polar surface area (TPSA) is 97.3 Å². The maximum absolute atomic E-state index is 14.0. The number of aromatic nitrogens is 1. The summed E-state index contributed by atoms with van der Waals surface area (Å²) in [5.41, 5.74) is 6.51. The molecule has 0 saturated heterocycles. The van der Waals surface area contributed by atoms with Crippen molar-refractivity contribution in [3.05, 3.63) is 56.2 Å². The van der Waals surface area contributed by atoms with Crippen molar-refractivity contribution in [2.45, 2.75) is 19.4 Å². The number of nitrogens with one attached hydrogen (secondary N) is 1. The van der Waals surface area contributed by atoms with Crippen LogP contribution in [0.3, 0.4) is 0 Å². The molecule has 1 aliphatic heterocycles. The van der Waals surface area contributed by atoms with Crippen LogP contribution in [0, 0.1) is 5.82 Å². The number of carbonyl (C=O) groups excluding carboxylic acids is 1. The molecule has 6 nitrogen and oxygen atoms in total. The van der Waals surface area contributed by atoms with Gasteiger partial charge in [0.15, 0.2) is 0 Å². The SMILES string of the molecule is CO.NC(=O)c1c(Nc2ccc(Br)cc2F)cc(=O)n2c1CCC2. The quantitative estimate of drug-likeness (QED) is 0.738. The molecule has 0 saturated carbocycles. The van der Waals surface area contributed by atoms with Crippen LogP contribution in [0.4, 0.5) is 15.8 Å². The van der Waals surface area contributed by atoms with Gasteiger partial charge in [-0.05, 0) is 31.0 Å². The Kier molecular flexibility index (Phi) is 5.74. The van der Waals surface area contributed by atoms with Crippen LogP contribution >= 0.6 is 15.9 Å². The standard InChI is InChI=1S/C15H13BrFN3O2.CH4O/c16-8-3-4-10(9(17)6-8)19-11-7-13(21)20-5-1-2-12(20)14(11)15(18)22;1-2/h3-4,6-7,19H,1-2,5H2,(H2,18,22);2H,1H3. The van der Waals surface area contributed by atoms with Gasteiger partial charge in [-0.25, -0.2) is 4.39 Å². The molecule has 0 spiro atoms. The lowest BCUT2D eigenvalue weighted by atomic mass is 10.1. The Morgan fingerprint density at radius 1 is 1.33 bits per heavy atom.